The van der Waals surface area contributed by atoms with Gasteiger partial charge in [0.1, 0.15) is 5.54 Å². The van der Waals surface area contributed by atoms with E-state index < -0.39 is 5.54 Å². The first-order valence-corrected chi connectivity index (χ1v) is 7.69. The van der Waals surface area contributed by atoms with Crippen LogP contribution < -0.4 is 5.32 Å². The summed E-state index contributed by atoms with van der Waals surface area (Å²) in [7, 11) is 0. The maximum atomic E-state index is 12.2. The second kappa shape index (κ2) is 7.85. The van der Waals surface area contributed by atoms with E-state index in [1.807, 2.05) is 20.8 Å². The van der Waals surface area contributed by atoms with Gasteiger partial charge >= 0.3 is 5.97 Å². The van der Waals surface area contributed by atoms with Gasteiger partial charge in [0.25, 0.3) is 0 Å². The standard InChI is InChI=1S/C15H30N2O2/c1-5-16-15(4,14(18)19-6-2)12-17-11-9-7-8-10-13(17)3/h13,16H,5-12H2,1-4H3. The summed E-state index contributed by atoms with van der Waals surface area (Å²) in [5, 5.41) is 3.32. The summed E-state index contributed by atoms with van der Waals surface area (Å²) in [6, 6.07) is 0.551. The van der Waals surface area contributed by atoms with E-state index in [-0.39, 0.29) is 5.97 Å². The van der Waals surface area contributed by atoms with Crippen molar-refractivity contribution in [1.29, 1.82) is 0 Å². The van der Waals surface area contributed by atoms with Gasteiger partial charge in [-0.05, 0) is 46.7 Å². The predicted molar refractivity (Wildman–Crippen MR) is 78.2 cm³/mol. The molecule has 0 saturated carbocycles. The highest BCUT2D eigenvalue weighted by Gasteiger charge is 2.37. The van der Waals surface area contributed by atoms with Gasteiger partial charge in [0, 0.05) is 12.6 Å². The van der Waals surface area contributed by atoms with E-state index in [9.17, 15) is 4.79 Å². The van der Waals surface area contributed by atoms with Crippen LogP contribution in [0.2, 0.25) is 0 Å². The number of likely N-dealkylation sites (N-methyl/N-ethyl adjacent to an activating group) is 1. The van der Waals surface area contributed by atoms with Gasteiger partial charge in [-0.15, -0.1) is 0 Å². The number of nitrogens with zero attached hydrogens (tertiary/aromatic N) is 1. The van der Waals surface area contributed by atoms with E-state index in [0.29, 0.717) is 12.6 Å². The third kappa shape index (κ3) is 4.77. The largest absolute Gasteiger partial charge is 0.465 e. The quantitative estimate of drug-likeness (QED) is 0.751. The molecule has 0 bridgehead atoms. The molecule has 4 nitrogen and oxygen atoms in total. The van der Waals surface area contributed by atoms with E-state index >= 15 is 0 Å². The van der Waals surface area contributed by atoms with Crippen LogP contribution in [0.1, 0.15) is 53.4 Å². The molecule has 1 rings (SSSR count). The predicted octanol–water partition coefficient (Wildman–Crippen LogP) is 2.18. The van der Waals surface area contributed by atoms with Crippen LogP contribution in [0.4, 0.5) is 0 Å². The third-order valence-electron chi connectivity index (χ3n) is 4.00. The topological polar surface area (TPSA) is 41.6 Å². The SMILES string of the molecule is CCNC(C)(CN1CCCCCC1C)C(=O)OCC. The number of carbonyl (C=O) groups is 1. The maximum Gasteiger partial charge on any atom is 0.327 e. The normalized spacial score (nSPS) is 24.5. The Morgan fingerprint density at radius 3 is 2.74 bits per heavy atom. The number of rotatable bonds is 6. The van der Waals surface area contributed by atoms with Crippen molar-refractivity contribution in [2.75, 3.05) is 26.2 Å². The van der Waals surface area contributed by atoms with Gasteiger partial charge in [-0.2, -0.15) is 0 Å². The van der Waals surface area contributed by atoms with Gasteiger partial charge in [-0.3, -0.25) is 9.69 Å². The molecule has 1 aliphatic heterocycles. The number of likely N-dealkylation sites (tertiary alicyclic amines) is 1. The highest BCUT2D eigenvalue weighted by Crippen LogP contribution is 2.20. The van der Waals surface area contributed by atoms with Gasteiger partial charge in [0.15, 0.2) is 0 Å². The molecule has 0 spiro atoms. The number of esters is 1. The van der Waals surface area contributed by atoms with Crippen molar-refractivity contribution in [3.8, 4) is 0 Å². The van der Waals surface area contributed by atoms with Crippen LogP contribution in [0.5, 0.6) is 0 Å². The Labute approximate surface area is 117 Å². The lowest BCUT2D eigenvalue weighted by Gasteiger charge is -2.36. The molecule has 0 aromatic heterocycles. The van der Waals surface area contributed by atoms with Gasteiger partial charge in [-0.25, -0.2) is 0 Å². The highest BCUT2D eigenvalue weighted by atomic mass is 16.5. The van der Waals surface area contributed by atoms with Crippen molar-refractivity contribution in [2.45, 2.75) is 65.0 Å². The van der Waals surface area contributed by atoms with Crippen molar-refractivity contribution in [3.63, 3.8) is 0 Å². The minimum atomic E-state index is -0.594. The van der Waals surface area contributed by atoms with Crippen molar-refractivity contribution in [1.82, 2.24) is 10.2 Å². The molecule has 0 radical (unpaired) electrons. The van der Waals surface area contributed by atoms with E-state index in [2.05, 4.69) is 17.1 Å². The van der Waals surface area contributed by atoms with Crippen LogP contribution in [0.15, 0.2) is 0 Å². The fourth-order valence-electron chi connectivity index (χ4n) is 2.85. The molecule has 0 aliphatic carbocycles. The molecule has 2 atom stereocenters. The molecular formula is C15H30N2O2. The van der Waals surface area contributed by atoms with Crippen molar-refractivity contribution in [2.24, 2.45) is 0 Å². The van der Waals surface area contributed by atoms with E-state index in [0.717, 1.165) is 19.6 Å². The fraction of sp³-hybridized carbons (Fsp3) is 0.933. The van der Waals surface area contributed by atoms with Crippen molar-refractivity contribution >= 4 is 5.97 Å². The maximum absolute atomic E-state index is 12.2. The number of ether oxygens (including phenoxy) is 1. The molecule has 2 unspecified atom stereocenters. The summed E-state index contributed by atoms with van der Waals surface area (Å²) in [6.45, 7) is 11.2. The Morgan fingerprint density at radius 2 is 2.11 bits per heavy atom. The van der Waals surface area contributed by atoms with Gasteiger partial charge in [-0.1, -0.05) is 19.8 Å². The van der Waals surface area contributed by atoms with E-state index in [1.165, 1.54) is 25.7 Å². The summed E-state index contributed by atoms with van der Waals surface area (Å²) in [5.74, 6) is -0.131. The molecule has 0 amide bonds. The molecule has 0 aromatic rings. The van der Waals surface area contributed by atoms with E-state index in [1.54, 1.807) is 0 Å². The van der Waals surface area contributed by atoms with Crippen LogP contribution in [-0.2, 0) is 9.53 Å². The molecular weight excluding hydrogens is 240 g/mol. The summed E-state index contributed by atoms with van der Waals surface area (Å²) in [4.78, 5) is 14.6. The second-order valence-electron chi connectivity index (χ2n) is 5.75. The molecule has 1 aliphatic rings. The first kappa shape index (κ1) is 16.4. The summed E-state index contributed by atoms with van der Waals surface area (Å²) >= 11 is 0. The summed E-state index contributed by atoms with van der Waals surface area (Å²) in [6.07, 6.45) is 5.06. The Kier molecular flexibility index (Phi) is 6.80. The molecule has 1 heterocycles. The molecule has 0 aromatic carbocycles. The molecule has 1 saturated heterocycles. The van der Waals surface area contributed by atoms with Crippen molar-refractivity contribution in [3.05, 3.63) is 0 Å². The monoisotopic (exact) mass is 270 g/mol. The lowest BCUT2D eigenvalue weighted by Crippen LogP contribution is -2.58. The number of hydrogen-bond acceptors (Lipinski definition) is 4. The average Bonchev–Trinajstić information content (AvgIpc) is 2.55. The fourth-order valence-corrected chi connectivity index (χ4v) is 2.85. The molecule has 1 fully saturated rings. The second-order valence-corrected chi connectivity index (χ2v) is 5.75. The zero-order chi connectivity index (χ0) is 14.3. The zero-order valence-corrected chi connectivity index (χ0v) is 13.0. The lowest BCUT2D eigenvalue weighted by atomic mass is 10.00. The van der Waals surface area contributed by atoms with Crippen LogP contribution in [0, 0.1) is 0 Å². The molecule has 19 heavy (non-hydrogen) atoms. The van der Waals surface area contributed by atoms with E-state index in [4.69, 9.17) is 4.74 Å². The van der Waals surface area contributed by atoms with Gasteiger partial charge < -0.3 is 10.1 Å². The summed E-state index contributed by atoms with van der Waals surface area (Å²) < 4.78 is 5.24. The van der Waals surface area contributed by atoms with Gasteiger partial charge in [0.2, 0.25) is 0 Å². The van der Waals surface area contributed by atoms with Crippen LogP contribution in [0.25, 0.3) is 0 Å². The van der Waals surface area contributed by atoms with Crippen LogP contribution >= 0.6 is 0 Å². The zero-order valence-electron chi connectivity index (χ0n) is 13.0. The minimum Gasteiger partial charge on any atom is -0.465 e. The Morgan fingerprint density at radius 1 is 1.37 bits per heavy atom. The average molecular weight is 270 g/mol. The first-order valence-electron chi connectivity index (χ1n) is 7.69. The van der Waals surface area contributed by atoms with Crippen LogP contribution in [0.3, 0.4) is 0 Å². The van der Waals surface area contributed by atoms with Crippen LogP contribution in [-0.4, -0.2) is 48.7 Å². The number of nitrogens with one attached hydrogen (secondary N) is 1. The molecule has 112 valence electrons. The lowest BCUT2D eigenvalue weighted by molar-refractivity contribution is -0.151. The van der Waals surface area contributed by atoms with Gasteiger partial charge in [0.05, 0.1) is 6.61 Å². The Bertz CT molecular complexity index is 283. The number of carbonyl (C=O) groups excluding carboxylic acids is 1. The Hall–Kier alpha value is -0.610. The first-order chi connectivity index (χ1) is 9.03. The third-order valence-corrected chi connectivity index (χ3v) is 4.00. The van der Waals surface area contributed by atoms with Crippen molar-refractivity contribution < 1.29 is 9.53 Å². The Balaban J connectivity index is 2.72. The molecule has 4 heteroatoms. The smallest absolute Gasteiger partial charge is 0.327 e. The molecule has 1 N–H and O–H groups in total. The summed E-state index contributed by atoms with van der Waals surface area (Å²) in [5.41, 5.74) is -0.594. The highest BCUT2D eigenvalue weighted by molar-refractivity contribution is 5.80. The number of hydrogen-bond donors (Lipinski definition) is 1. The minimum absolute atomic E-state index is 0.131.